The molecule has 0 N–H and O–H groups in total. The first-order chi connectivity index (χ1) is 8.76. The van der Waals surface area contributed by atoms with E-state index < -0.39 is 0 Å². The number of nitrogens with zero attached hydrogens (tertiary/aromatic N) is 1. The lowest BCUT2D eigenvalue weighted by Crippen LogP contribution is -2.43. The Morgan fingerprint density at radius 1 is 1.11 bits per heavy atom. The van der Waals surface area contributed by atoms with Gasteiger partial charge in [-0.3, -0.25) is 0 Å². The van der Waals surface area contributed by atoms with Crippen molar-refractivity contribution in [1.29, 1.82) is 5.26 Å². The van der Waals surface area contributed by atoms with E-state index in [0.717, 1.165) is 40.6 Å². The molecule has 2 heteroatoms. The Kier molecular flexibility index (Phi) is 2.15. The van der Waals surface area contributed by atoms with E-state index in [4.69, 9.17) is 4.42 Å². The Bertz CT molecular complexity index is 494. The first-order valence-corrected chi connectivity index (χ1v) is 7.24. The van der Waals surface area contributed by atoms with Gasteiger partial charge in [-0.15, -0.1) is 0 Å². The van der Waals surface area contributed by atoms with E-state index in [1.165, 1.54) is 32.1 Å². The lowest BCUT2D eigenvalue weighted by atomic mass is 9.51. The molecule has 0 aliphatic heterocycles. The lowest BCUT2D eigenvalue weighted by molar-refractivity contribution is -0.00973. The van der Waals surface area contributed by atoms with Gasteiger partial charge in [0.2, 0.25) is 0 Å². The third-order valence-electron chi connectivity index (χ3n) is 5.64. The molecule has 1 heterocycles. The van der Waals surface area contributed by atoms with E-state index in [9.17, 15) is 5.26 Å². The molecule has 2 nitrogen and oxygen atoms in total. The fourth-order valence-electron chi connectivity index (χ4n) is 5.21. The van der Waals surface area contributed by atoms with Crippen molar-refractivity contribution in [3.05, 3.63) is 23.2 Å². The Hall–Kier alpha value is -1.23. The van der Waals surface area contributed by atoms with Crippen molar-refractivity contribution in [2.24, 2.45) is 23.7 Å². The Morgan fingerprint density at radius 3 is 2.28 bits per heavy atom. The second-order valence-electron chi connectivity index (χ2n) is 6.73. The highest BCUT2D eigenvalue weighted by molar-refractivity contribution is 5.41. The summed E-state index contributed by atoms with van der Waals surface area (Å²) in [5, 5.41) is 9.33. The van der Waals surface area contributed by atoms with Gasteiger partial charge < -0.3 is 4.42 Å². The number of hydrogen-bond acceptors (Lipinski definition) is 2. The fourth-order valence-corrected chi connectivity index (χ4v) is 5.21. The molecule has 4 saturated carbocycles. The summed E-state index contributed by atoms with van der Waals surface area (Å²) < 4.78 is 5.79. The van der Waals surface area contributed by atoms with Crippen LogP contribution in [-0.2, 0) is 0 Å². The molecule has 4 aliphatic rings. The van der Waals surface area contributed by atoms with Crippen molar-refractivity contribution < 1.29 is 4.42 Å². The highest BCUT2D eigenvalue weighted by atomic mass is 16.3. The van der Waals surface area contributed by atoms with Crippen molar-refractivity contribution in [2.45, 2.75) is 44.9 Å². The smallest absolute Gasteiger partial charge is 0.125 e. The predicted molar refractivity (Wildman–Crippen MR) is 67.9 cm³/mol. The van der Waals surface area contributed by atoms with Gasteiger partial charge in [-0.25, -0.2) is 0 Å². The molecule has 0 spiro atoms. The monoisotopic (exact) mass is 241 g/mol. The van der Waals surface area contributed by atoms with Crippen LogP contribution in [0.5, 0.6) is 0 Å². The molecular weight excluding hydrogens is 222 g/mol. The molecule has 0 radical (unpaired) electrons. The highest BCUT2D eigenvalue weighted by Crippen LogP contribution is 2.60. The zero-order chi connectivity index (χ0) is 12.3. The van der Waals surface area contributed by atoms with Gasteiger partial charge in [0.25, 0.3) is 0 Å². The topological polar surface area (TPSA) is 36.9 Å². The summed E-state index contributed by atoms with van der Waals surface area (Å²) in [7, 11) is 0. The summed E-state index contributed by atoms with van der Waals surface area (Å²) in [6, 6.07) is 2.36. The number of aryl methyl sites for hydroxylation is 1. The van der Waals surface area contributed by atoms with Gasteiger partial charge in [0.05, 0.1) is 11.8 Å². The van der Waals surface area contributed by atoms with Crippen LogP contribution in [0.3, 0.4) is 0 Å². The van der Waals surface area contributed by atoms with Crippen LogP contribution in [0.4, 0.5) is 0 Å². The van der Waals surface area contributed by atoms with E-state index in [1.807, 2.05) is 6.92 Å². The second kappa shape index (κ2) is 3.63. The van der Waals surface area contributed by atoms with Crippen molar-refractivity contribution in [3.8, 4) is 6.07 Å². The molecule has 4 aliphatic carbocycles. The number of rotatable bonds is 1. The Labute approximate surface area is 108 Å². The van der Waals surface area contributed by atoms with Crippen LogP contribution < -0.4 is 0 Å². The summed E-state index contributed by atoms with van der Waals surface area (Å²) in [6.45, 7) is 1.99. The molecule has 1 aromatic heterocycles. The Morgan fingerprint density at radius 2 is 1.72 bits per heavy atom. The van der Waals surface area contributed by atoms with Gasteiger partial charge in [-0.05, 0) is 62.7 Å². The predicted octanol–water partition coefficient (Wildman–Crippen LogP) is 4.00. The maximum Gasteiger partial charge on any atom is 0.125 e. The van der Waals surface area contributed by atoms with Crippen molar-refractivity contribution in [2.75, 3.05) is 0 Å². The maximum atomic E-state index is 9.33. The minimum Gasteiger partial charge on any atom is -0.467 e. The van der Waals surface area contributed by atoms with E-state index >= 15 is 0 Å². The number of furan rings is 1. The highest BCUT2D eigenvalue weighted by Gasteiger charge is 2.50. The molecule has 0 atom stereocenters. The molecule has 0 amide bonds. The van der Waals surface area contributed by atoms with Gasteiger partial charge >= 0.3 is 0 Å². The van der Waals surface area contributed by atoms with Crippen LogP contribution in [0.15, 0.2) is 10.7 Å². The van der Waals surface area contributed by atoms with Crippen LogP contribution >= 0.6 is 0 Å². The van der Waals surface area contributed by atoms with E-state index in [0.29, 0.717) is 5.92 Å². The molecule has 4 fully saturated rings. The zero-order valence-electron chi connectivity index (χ0n) is 10.9. The average Bonchev–Trinajstić information content (AvgIpc) is 2.69. The third-order valence-corrected chi connectivity index (χ3v) is 5.64. The van der Waals surface area contributed by atoms with Crippen LogP contribution in [-0.4, -0.2) is 0 Å². The van der Waals surface area contributed by atoms with E-state index in [1.54, 1.807) is 6.26 Å². The van der Waals surface area contributed by atoms with Gasteiger partial charge in [0.1, 0.15) is 11.8 Å². The quantitative estimate of drug-likeness (QED) is 0.745. The minimum absolute atomic E-state index is 0.543. The standard InChI is InChI=1S/C16H19NO/c1-9-8-18-16(14(9)7-17)15-12-3-10-2-11(5-12)6-13(15)4-10/h8,10-13,15H,2-6H2,1H3. The Balaban J connectivity index is 1.75. The molecule has 0 aromatic carbocycles. The van der Waals surface area contributed by atoms with Crippen LogP contribution in [0.1, 0.15) is 54.9 Å². The van der Waals surface area contributed by atoms with E-state index in [2.05, 4.69) is 6.07 Å². The fraction of sp³-hybridized carbons (Fsp3) is 0.688. The SMILES string of the molecule is Cc1coc(C2C3CC4CC(C3)CC2C4)c1C#N. The molecule has 18 heavy (non-hydrogen) atoms. The summed E-state index contributed by atoms with van der Waals surface area (Å²) >= 11 is 0. The normalized spacial score (nSPS) is 41.0. The van der Waals surface area contributed by atoms with Crippen molar-refractivity contribution in [3.63, 3.8) is 0 Å². The minimum atomic E-state index is 0.543. The summed E-state index contributed by atoms with van der Waals surface area (Å²) in [5.41, 5.74) is 1.84. The number of nitriles is 1. The van der Waals surface area contributed by atoms with Gasteiger partial charge in [-0.1, -0.05) is 0 Å². The average molecular weight is 241 g/mol. The maximum absolute atomic E-state index is 9.33. The lowest BCUT2D eigenvalue weighted by Gasteiger charge is -2.53. The zero-order valence-corrected chi connectivity index (χ0v) is 10.9. The molecule has 4 bridgehead atoms. The first kappa shape index (κ1) is 10.7. The summed E-state index contributed by atoms with van der Waals surface area (Å²) in [5.74, 6) is 5.10. The summed E-state index contributed by atoms with van der Waals surface area (Å²) in [4.78, 5) is 0. The molecule has 1 aromatic rings. The number of hydrogen-bond donors (Lipinski definition) is 0. The van der Waals surface area contributed by atoms with Crippen LogP contribution in [0, 0.1) is 41.9 Å². The van der Waals surface area contributed by atoms with Crippen LogP contribution in [0.2, 0.25) is 0 Å². The van der Waals surface area contributed by atoms with Crippen molar-refractivity contribution >= 4 is 0 Å². The summed E-state index contributed by atoms with van der Waals surface area (Å²) in [6.07, 6.45) is 8.76. The second-order valence-corrected chi connectivity index (χ2v) is 6.73. The molecule has 0 saturated heterocycles. The molecule has 94 valence electrons. The van der Waals surface area contributed by atoms with E-state index in [-0.39, 0.29) is 0 Å². The molecular formula is C16H19NO. The van der Waals surface area contributed by atoms with Gasteiger partial charge in [0, 0.05) is 11.5 Å². The van der Waals surface area contributed by atoms with Gasteiger partial charge in [0.15, 0.2) is 0 Å². The molecule has 5 rings (SSSR count). The van der Waals surface area contributed by atoms with Gasteiger partial charge in [-0.2, -0.15) is 5.26 Å². The van der Waals surface area contributed by atoms with Crippen molar-refractivity contribution in [1.82, 2.24) is 0 Å². The first-order valence-electron chi connectivity index (χ1n) is 7.24. The third kappa shape index (κ3) is 1.34. The largest absolute Gasteiger partial charge is 0.467 e. The molecule has 0 unspecified atom stereocenters. The van der Waals surface area contributed by atoms with Crippen LogP contribution in [0.25, 0.3) is 0 Å².